The largest absolute Gasteiger partial charge is 0.341 e. The van der Waals surface area contributed by atoms with E-state index >= 15 is 0 Å². The summed E-state index contributed by atoms with van der Waals surface area (Å²) in [5.41, 5.74) is -0.132. The molecule has 1 saturated carbocycles. The number of carbonyl (C=O) groups is 1. The maximum atomic E-state index is 14.2. The number of amides is 1. The van der Waals surface area contributed by atoms with Gasteiger partial charge in [0.2, 0.25) is 11.8 Å². The van der Waals surface area contributed by atoms with Crippen molar-refractivity contribution in [1.82, 2.24) is 15.0 Å². The van der Waals surface area contributed by atoms with E-state index in [0.29, 0.717) is 30.4 Å². The Kier molecular flexibility index (Phi) is 3.62. The first-order chi connectivity index (χ1) is 11.6. The molecule has 0 radical (unpaired) electrons. The van der Waals surface area contributed by atoms with Crippen LogP contribution in [0.15, 0.2) is 28.8 Å². The van der Waals surface area contributed by atoms with Crippen molar-refractivity contribution in [3.8, 4) is 0 Å². The van der Waals surface area contributed by atoms with Crippen molar-refractivity contribution in [1.29, 1.82) is 0 Å². The van der Waals surface area contributed by atoms with Crippen molar-refractivity contribution in [2.75, 3.05) is 13.1 Å². The molecule has 126 valence electrons. The van der Waals surface area contributed by atoms with Gasteiger partial charge >= 0.3 is 0 Å². The number of aromatic nitrogens is 2. The lowest BCUT2D eigenvalue weighted by Crippen LogP contribution is -2.45. The molecule has 2 fully saturated rings. The van der Waals surface area contributed by atoms with Gasteiger partial charge in [-0.1, -0.05) is 23.4 Å². The van der Waals surface area contributed by atoms with Gasteiger partial charge in [0.1, 0.15) is 5.82 Å². The van der Waals surface area contributed by atoms with Gasteiger partial charge in [0.05, 0.1) is 5.41 Å². The summed E-state index contributed by atoms with van der Waals surface area (Å²) in [6, 6.07) is 6.63. The van der Waals surface area contributed by atoms with Crippen LogP contribution in [0, 0.1) is 12.7 Å². The Bertz CT molecular complexity index is 769. The van der Waals surface area contributed by atoms with Crippen LogP contribution in [0.5, 0.6) is 0 Å². The standard InChI is InChI=1S/C18H20FN3O2/c1-12-20-16(21-24-12)13-5-4-10-22(11-13)17(23)18(8-9-18)14-6-2-3-7-15(14)19/h2-3,6-7,13H,4-5,8-11H2,1H3. The molecule has 2 heterocycles. The third kappa shape index (κ3) is 2.50. The van der Waals surface area contributed by atoms with Gasteiger partial charge in [-0.3, -0.25) is 4.79 Å². The molecule has 1 aromatic carbocycles. The van der Waals surface area contributed by atoms with Crippen molar-refractivity contribution in [2.24, 2.45) is 0 Å². The Morgan fingerprint density at radius 1 is 1.38 bits per heavy atom. The molecule has 1 aromatic heterocycles. The molecule has 1 atom stereocenters. The molecule has 2 aliphatic rings. The highest BCUT2D eigenvalue weighted by atomic mass is 19.1. The van der Waals surface area contributed by atoms with Crippen molar-refractivity contribution in [3.63, 3.8) is 0 Å². The number of piperidine rings is 1. The van der Waals surface area contributed by atoms with Crippen LogP contribution in [-0.2, 0) is 10.2 Å². The average molecular weight is 329 g/mol. The Labute approximate surface area is 139 Å². The number of rotatable bonds is 3. The van der Waals surface area contributed by atoms with Crippen molar-refractivity contribution >= 4 is 5.91 Å². The zero-order valence-electron chi connectivity index (χ0n) is 13.7. The Morgan fingerprint density at radius 2 is 2.17 bits per heavy atom. The van der Waals surface area contributed by atoms with Crippen LogP contribution in [0.25, 0.3) is 0 Å². The van der Waals surface area contributed by atoms with Gasteiger partial charge < -0.3 is 9.42 Å². The van der Waals surface area contributed by atoms with Gasteiger partial charge in [0.15, 0.2) is 5.82 Å². The molecule has 1 aliphatic heterocycles. The lowest BCUT2D eigenvalue weighted by Gasteiger charge is -2.34. The summed E-state index contributed by atoms with van der Waals surface area (Å²) in [7, 11) is 0. The second-order valence-corrected chi connectivity index (χ2v) is 6.82. The molecule has 24 heavy (non-hydrogen) atoms. The zero-order chi connectivity index (χ0) is 16.7. The first kappa shape index (κ1) is 15.3. The van der Waals surface area contributed by atoms with E-state index < -0.39 is 5.41 Å². The molecular formula is C18H20FN3O2. The smallest absolute Gasteiger partial charge is 0.233 e. The second-order valence-electron chi connectivity index (χ2n) is 6.82. The normalized spacial score (nSPS) is 22.4. The maximum Gasteiger partial charge on any atom is 0.233 e. The molecule has 5 nitrogen and oxygen atoms in total. The fourth-order valence-corrected chi connectivity index (χ4v) is 3.73. The van der Waals surface area contributed by atoms with E-state index in [1.54, 1.807) is 25.1 Å². The Balaban J connectivity index is 1.55. The SMILES string of the molecule is Cc1nc(C2CCCN(C(=O)C3(c4ccccc4F)CC3)C2)no1. The van der Waals surface area contributed by atoms with Crippen LogP contribution in [0.4, 0.5) is 4.39 Å². The minimum Gasteiger partial charge on any atom is -0.341 e. The summed E-state index contributed by atoms with van der Waals surface area (Å²) in [5.74, 6) is 1.05. The summed E-state index contributed by atoms with van der Waals surface area (Å²) >= 11 is 0. The van der Waals surface area contributed by atoms with E-state index in [2.05, 4.69) is 10.1 Å². The highest BCUT2D eigenvalue weighted by molar-refractivity contribution is 5.91. The van der Waals surface area contributed by atoms with Crippen LogP contribution in [0.3, 0.4) is 0 Å². The number of halogens is 1. The molecule has 1 saturated heterocycles. The molecular weight excluding hydrogens is 309 g/mol. The molecule has 0 bridgehead atoms. The predicted molar refractivity (Wildman–Crippen MR) is 84.9 cm³/mol. The van der Waals surface area contributed by atoms with E-state index in [4.69, 9.17) is 4.52 Å². The second kappa shape index (κ2) is 5.69. The number of carbonyl (C=O) groups excluding carboxylic acids is 1. The highest BCUT2D eigenvalue weighted by Gasteiger charge is 2.54. The molecule has 2 aromatic rings. The lowest BCUT2D eigenvalue weighted by molar-refractivity contribution is -0.135. The Hall–Kier alpha value is -2.24. The molecule has 1 aliphatic carbocycles. The van der Waals surface area contributed by atoms with E-state index in [1.807, 2.05) is 4.90 Å². The highest BCUT2D eigenvalue weighted by Crippen LogP contribution is 2.51. The van der Waals surface area contributed by atoms with Gasteiger partial charge in [-0.2, -0.15) is 4.98 Å². The van der Waals surface area contributed by atoms with E-state index in [9.17, 15) is 9.18 Å². The number of hydrogen-bond acceptors (Lipinski definition) is 4. The summed E-state index contributed by atoms with van der Waals surface area (Å²) in [4.78, 5) is 19.3. The fraction of sp³-hybridized carbons (Fsp3) is 0.500. The third-order valence-corrected chi connectivity index (χ3v) is 5.17. The molecule has 4 rings (SSSR count). The van der Waals surface area contributed by atoms with E-state index in [1.165, 1.54) is 6.07 Å². The minimum atomic E-state index is -0.666. The van der Waals surface area contributed by atoms with Crippen molar-refractivity contribution in [3.05, 3.63) is 47.4 Å². The van der Waals surface area contributed by atoms with Gasteiger partial charge in [0, 0.05) is 31.5 Å². The first-order valence-corrected chi connectivity index (χ1v) is 8.45. The van der Waals surface area contributed by atoms with E-state index in [-0.39, 0.29) is 17.6 Å². The first-order valence-electron chi connectivity index (χ1n) is 8.45. The van der Waals surface area contributed by atoms with Crippen LogP contribution >= 0.6 is 0 Å². The number of aryl methyl sites for hydroxylation is 1. The third-order valence-electron chi connectivity index (χ3n) is 5.17. The minimum absolute atomic E-state index is 0.0394. The number of nitrogens with zero attached hydrogens (tertiary/aromatic N) is 3. The van der Waals surface area contributed by atoms with Crippen LogP contribution < -0.4 is 0 Å². The number of hydrogen-bond donors (Lipinski definition) is 0. The van der Waals surface area contributed by atoms with Crippen LogP contribution in [0.1, 0.15) is 48.9 Å². The van der Waals surface area contributed by atoms with Gasteiger partial charge in [-0.05, 0) is 31.7 Å². The molecule has 1 unspecified atom stereocenters. The molecule has 1 amide bonds. The summed E-state index contributed by atoms with van der Waals surface area (Å²) < 4.78 is 19.3. The predicted octanol–water partition coefficient (Wildman–Crippen LogP) is 2.95. The van der Waals surface area contributed by atoms with Crippen molar-refractivity contribution < 1.29 is 13.7 Å². The zero-order valence-corrected chi connectivity index (χ0v) is 13.7. The van der Waals surface area contributed by atoms with Crippen molar-refractivity contribution in [2.45, 2.75) is 43.9 Å². The number of benzene rings is 1. The Morgan fingerprint density at radius 3 is 2.83 bits per heavy atom. The summed E-state index contributed by atoms with van der Waals surface area (Å²) in [6.45, 7) is 3.05. The fourth-order valence-electron chi connectivity index (χ4n) is 3.73. The van der Waals surface area contributed by atoms with Crippen LogP contribution in [-0.4, -0.2) is 34.0 Å². The number of likely N-dealkylation sites (tertiary alicyclic amines) is 1. The maximum absolute atomic E-state index is 14.2. The van der Waals surface area contributed by atoms with Gasteiger partial charge in [0.25, 0.3) is 0 Å². The van der Waals surface area contributed by atoms with E-state index in [0.717, 1.165) is 25.7 Å². The topological polar surface area (TPSA) is 59.2 Å². The van der Waals surface area contributed by atoms with Crippen LogP contribution in [0.2, 0.25) is 0 Å². The molecule has 6 heteroatoms. The molecule has 0 N–H and O–H groups in total. The lowest BCUT2D eigenvalue weighted by atomic mass is 9.91. The monoisotopic (exact) mass is 329 g/mol. The van der Waals surface area contributed by atoms with Gasteiger partial charge in [-0.25, -0.2) is 4.39 Å². The quantitative estimate of drug-likeness (QED) is 0.869. The molecule has 0 spiro atoms. The average Bonchev–Trinajstić information content (AvgIpc) is 3.29. The van der Waals surface area contributed by atoms with Gasteiger partial charge in [-0.15, -0.1) is 0 Å². The summed E-state index contributed by atoms with van der Waals surface area (Å²) in [6.07, 6.45) is 3.28. The summed E-state index contributed by atoms with van der Waals surface area (Å²) in [5, 5.41) is 4.00.